The zero-order valence-electron chi connectivity index (χ0n) is 13.8. The summed E-state index contributed by atoms with van der Waals surface area (Å²) in [5.74, 6) is -1.84. The van der Waals surface area contributed by atoms with Gasteiger partial charge in [-0.15, -0.1) is 0 Å². The molecule has 2 aliphatic heterocycles. The summed E-state index contributed by atoms with van der Waals surface area (Å²) in [4.78, 5) is 34.7. The van der Waals surface area contributed by atoms with Crippen LogP contribution in [0.15, 0.2) is 24.3 Å². The molecule has 0 radical (unpaired) electrons. The number of rotatable bonds is 1. The number of aliphatic hydroxyl groups is 1. The fourth-order valence-corrected chi connectivity index (χ4v) is 4.66. The zero-order chi connectivity index (χ0) is 17.5. The molecule has 2 aliphatic carbocycles. The number of ether oxygens (including phenoxy) is 2. The first-order chi connectivity index (χ1) is 11.1. The zero-order valence-corrected chi connectivity index (χ0v) is 13.8. The second-order valence-corrected chi connectivity index (χ2v) is 7.44. The van der Waals surface area contributed by atoms with E-state index in [2.05, 4.69) is 6.58 Å². The van der Waals surface area contributed by atoms with Gasteiger partial charge in [0.1, 0.15) is 23.4 Å². The van der Waals surface area contributed by atoms with Crippen molar-refractivity contribution < 1.29 is 33.9 Å². The fourth-order valence-electron chi connectivity index (χ4n) is 4.66. The lowest BCUT2D eigenvalue weighted by molar-refractivity contribution is -0.366. The van der Waals surface area contributed by atoms with Gasteiger partial charge in [-0.3, -0.25) is 4.79 Å². The van der Waals surface area contributed by atoms with E-state index in [0.717, 1.165) is 0 Å². The highest BCUT2D eigenvalue weighted by molar-refractivity contribution is 5.91. The summed E-state index contributed by atoms with van der Waals surface area (Å²) in [5.41, 5.74) is -3.36. The SMILES string of the molecule is C=C1C(=O)O[C@H]2[C@H]1C[C@@H](OC(C)=O)[C@@](C)(O)[C@]13C=C[C@](C)(OO1)[C@H]23. The molecule has 7 atom stereocenters. The van der Waals surface area contributed by atoms with Crippen molar-refractivity contribution >= 4 is 11.9 Å². The highest BCUT2D eigenvalue weighted by Gasteiger charge is 2.76. The minimum atomic E-state index is -1.56. The third kappa shape index (κ3) is 1.67. The Morgan fingerprint density at radius 1 is 1.38 bits per heavy atom. The Kier molecular flexibility index (Phi) is 2.95. The summed E-state index contributed by atoms with van der Waals surface area (Å²) in [6.07, 6.45) is 2.30. The molecule has 24 heavy (non-hydrogen) atoms. The van der Waals surface area contributed by atoms with E-state index in [-0.39, 0.29) is 12.3 Å². The maximum Gasteiger partial charge on any atom is 0.334 e. The molecular weight excluding hydrogens is 316 g/mol. The van der Waals surface area contributed by atoms with Crippen LogP contribution in [-0.2, 0) is 28.8 Å². The van der Waals surface area contributed by atoms with Crippen LogP contribution < -0.4 is 0 Å². The first-order valence-corrected chi connectivity index (χ1v) is 7.99. The molecule has 7 heteroatoms. The van der Waals surface area contributed by atoms with Crippen LogP contribution in [0.5, 0.6) is 0 Å². The van der Waals surface area contributed by atoms with E-state index in [9.17, 15) is 14.7 Å². The number of carbonyl (C=O) groups excluding carboxylic acids is 2. The second kappa shape index (κ2) is 4.47. The Hall–Kier alpha value is -1.70. The Morgan fingerprint density at radius 2 is 2.08 bits per heavy atom. The van der Waals surface area contributed by atoms with Crippen LogP contribution in [0, 0.1) is 11.8 Å². The molecule has 1 N–H and O–H groups in total. The van der Waals surface area contributed by atoms with E-state index in [4.69, 9.17) is 19.2 Å². The Bertz CT molecular complexity index is 680. The van der Waals surface area contributed by atoms with E-state index in [1.54, 1.807) is 19.1 Å². The molecular formula is C17H20O7. The molecule has 0 aromatic heterocycles. The molecule has 2 saturated heterocycles. The maximum atomic E-state index is 12.1. The van der Waals surface area contributed by atoms with Gasteiger partial charge in [0.05, 0.1) is 5.92 Å². The van der Waals surface area contributed by atoms with Gasteiger partial charge < -0.3 is 14.6 Å². The summed E-state index contributed by atoms with van der Waals surface area (Å²) < 4.78 is 11.0. The molecule has 130 valence electrons. The van der Waals surface area contributed by atoms with Crippen LogP contribution in [-0.4, -0.2) is 46.1 Å². The van der Waals surface area contributed by atoms with Crippen molar-refractivity contribution in [2.45, 2.75) is 56.2 Å². The summed E-state index contributed by atoms with van der Waals surface area (Å²) in [7, 11) is 0. The summed E-state index contributed by atoms with van der Waals surface area (Å²) in [6, 6.07) is 0. The molecule has 0 aromatic rings. The number of hydrogen-bond donors (Lipinski definition) is 1. The number of fused-ring (bicyclic) bond motifs is 1. The van der Waals surface area contributed by atoms with Crippen LogP contribution in [0.2, 0.25) is 0 Å². The van der Waals surface area contributed by atoms with Crippen molar-refractivity contribution in [3.63, 3.8) is 0 Å². The molecule has 7 nitrogen and oxygen atoms in total. The lowest BCUT2D eigenvalue weighted by atomic mass is 9.70. The summed E-state index contributed by atoms with van der Waals surface area (Å²) in [5, 5.41) is 11.3. The molecule has 4 aliphatic rings. The minimum Gasteiger partial charge on any atom is -0.459 e. The van der Waals surface area contributed by atoms with Gasteiger partial charge >= 0.3 is 11.9 Å². The molecule has 1 saturated carbocycles. The molecule has 0 spiro atoms. The van der Waals surface area contributed by atoms with Gasteiger partial charge in [-0.2, -0.15) is 0 Å². The highest BCUT2D eigenvalue weighted by Crippen LogP contribution is 2.61. The van der Waals surface area contributed by atoms with Crippen LogP contribution >= 0.6 is 0 Å². The van der Waals surface area contributed by atoms with E-state index >= 15 is 0 Å². The van der Waals surface area contributed by atoms with Crippen molar-refractivity contribution in [1.29, 1.82) is 0 Å². The van der Waals surface area contributed by atoms with Gasteiger partial charge in [-0.1, -0.05) is 12.7 Å². The highest BCUT2D eigenvalue weighted by atomic mass is 17.2. The monoisotopic (exact) mass is 336 g/mol. The average molecular weight is 336 g/mol. The van der Waals surface area contributed by atoms with Gasteiger partial charge in [0.2, 0.25) is 0 Å². The molecule has 3 fully saturated rings. The number of carbonyl (C=O) groups is 2. The van der Waals surface area contributed by atoms with Crippen LogP contribution in [0.4, 0.5) is 0 Å². The topological polar surface area (TPSA) is 91.3 Å². The predicted molar refractivity (Wildman–Crippen MR) is 79.2 cm³/mol. The third-order valence-electron chi connectivity index (χ3n) is 5.97. The standard InChI is InChI=1S/C17H20O7/c1-8-10-7-11(21-9(2)18)16(4,20)17-6-5-15(3,23-24-17)13(17)12(10)22-14(8)19/h5-6,10-13,20H,1,7H2,2-4H3/t10-,11+,12-,13-,15-,16+,17+/m0/s1. The van der Waals surface area contributed by atoms with Gasteiger partial charge in [-0.05, 0) is 26.3 Å². The molecule has 0 aromatic carbocycles. The van der Waals surface area contributed by atoms with Crippen LogP contribution in [0.1, 0.15) is 27.2 Å². The van der Waals surface area contributed by atoms with Gasteiger partial charge in [0, 0.05) is 18.4 Å². The smallest absolute Gasteiger partial charge is 0.334 e. The summed E-state index contributed by atoms with van der Waals surface area (Å²) in [6.45, 7) is 8.48. The predicted octanol–water partition coefficient (Wildman–Crippen LogP) is 0.816. The van der Waals surface area contributed by atoms with Crippen molar-refractivity contribution in [2.75, 3.05) is 0 Å². The lowest BCUT2D eigenvalue weighted by Crippen LogP contribution is -2.62. The largest absolute Gasteiger partial charge is 0.459 e. The first kappa shape index (κ1) is 15.8. The summed E-state index contributed by atoms with van der Waals surface area (Å²) >= 11 is 0. The van der Waals surface area contributed by atoms with Crippen molar-refractivity contribution in [3.05, 3.63) is 24.3 Å². The first-order valence-electron chi connectivity index (χ1n) is 7.99. The Labute approximate surface area is 139 Å². The fraction of sp³-hybridized carbons (Fsp3) is 0.647. The van der Waals surface area contributed by atoms with Crippen LogP contribution in [0.3, 0.4) is 0 Å². The lowest BCUT2D eigenvalue weighted by Gasteiger charge is -2.42. The van der Waals surface area contributed by atoms with E-state index in [1.165, 1.54) is 6.92 Å². The van der Waals surface area contributed by atoms with Crippen molar-refractivity contribution in [3.8, 4) is 0 Å². The minimum absolute atomic E-state index is 0.230. The van der Waals surface area contributed by atoms with Gasteiger partial charge in [0.15, 0.2) is 5.60 Å². The molecule has 4 rings (SSSR count). The van der Waals surface area contributed by atoms with E-state index in [1.807, 2.05) is 6.92 Å². The Morgan fingerprint density at radius 3 is 2.67 bits per heavy atom. The van der Waals surface area contributed by atoms with Crippen molar-refractivity contribution in [1.82, 2.24) is 0 Å². The van der Waals surface area contributed by atoms with Gasteiger partial charge in [0.25, 0.3) is 0 Å². The molecule has 2 heterocycles. The third-order valence-corrected chi connectivity index (χ3v) is 5.97. The number of esters is 2. The molecule has 0 amide bonds. The van der Waals surface area contributed by atoms with Crippen molar-refractivity contribution in [2.24, 2.45) is 11.8 Å². The quantitative estimate of drug-likeness (QED) is 0.328. The maximum absolute atomic E-state index is 12.1. The second-order valence-electron chi connectivity index (χ2n) is 7.44. The van der Waals surface area contributed by atoms with E-state index in [0.29, 0.717) is 5.57 Å². The van der Waals surface area contributed by atoms with Gasteiger partial charge in [-0.25, -0.2) is 14.6 Å². The molecule has 0 unspecified atom stereocenters. The normalized spacial score (nSPS) is 51.8. The Balaban J connectivity index is 1.88. The average Bonchev–Trinajstić information content (AvgIpc) is 3.04. The van der Waals surface area contributed by atoms with E-state index < -0.39 is 46.9 Å². The number of hydrogen-bond acceptors (Lipinski definition) is 7. The van der Waals surface area contributed by atoms with Crippen LogP contribution in [0.25, 0.3) is 0 Å². The molecule has 2 bridgehead atoms.